The van der Waals surface area contributed by atoms with Gasteiger partial charge in [-0.05, 0) is 36.2 Å². The summed E-state index contributed by atoms with van der Waals surface area (Å²) in [5.74, 6) is -3.93. The van der Waals surface area contributed by atoms with E-state index in [1.807, 2.05) is 6.92 Å². The molecule has 0 heterocycles. The molecule has 0 aliphatic rings. The number of carbonyl (C=O) groups is 3. The SMILES string of the molecule is CCCOC(=O)c1ccc(OC(=O)C(C(=O)O)c2ccccc2)cc1. The van der Waals surface area contributed by atoms with Crippen LogP contribution in [-0.2, 0) is 14.3 Å². The molecular weight excluding hydrogens is 324 g/mol. The van der Waals surface area contributed by atoms with Crippen molar-refractivity contribution in [1.82, 2.24) is 0 Å². The number of benzene rings is 2. The first kappa shape index (κ1) is 18.2. The molecule has 0 amide bonds. The third-order valence-electron chi connectivity index (χ3n) is 3.36. The summed E-state index contributed by atoms with van der Waals surface area (Å²) in [5, 5.41) is 9.31. The highest BCUT2D eigenvalue weighted by molar-refractivity contribution is 6.00. The zero-order valence-corrected chi connectivity index (χ0v) is 13.7. The number of carboxylic acid groups (broad SMARTS) is 1. The minimum atomic E-state index is -1.42. The molecule has 1 N–H and O–H groups in total. The monoisotopic (exact) mass is 342 g/mol. The van der Waals surface area contributed by atoms with Crippen LogP contribution < -0.4 is 4.74 Å². The molecule has 0 aromatic heterocycles. The molecule has 6 heteroatoms. The maximum absolute atomic E-state index is 12.2. The molecule has 1 unspecified atom stereocenters. The summed E-state index contributed by atoms with van der Waals surface area (Å²) in [4.78, 5) is 35.3. The highest BCUT2D eigenvalue weighted by atomic mass is 16.5. The zero-order valence-electron chi connectivity index (χ0n) is 13.7. The van der Waals surface area contributed by atoms with Gasteiger partial charge < -0.3 is 14.6 Å². The van der Waals surface area contributed by atoms with Gasteiger partial charge in [0.25, 0.3) is 0 Å². The van der Waals surface area contributed by atoms with Crippen molar-refractivity contribution < 1.29 is 29.0 Å². The lowest BCUT2D eigenvalue weighted by Gasteiger charge is -2.12. The minimum absolute atomic E-state index is 0.152. The lowest BCUT2D eigenvalue weighted by Crippen LogP contribution is -2.26. The molecule has 25 heavy (non-hydrogen) atoms. The van der Waals surface area contributed by atoms with E-state index in [1.165, 1.54) is 24.3 Å². The number of aliphatic carboxylic acids is 1. The second-order valence-corrected chi connectivity index (χ2v) is 5.26. The molecule has 0 aliphatic heterocycles. The van der Waals surface area contributed by atoms with Crippen LogP contribution in [-0.4, -0.2) is 29.6 Å². The smallest absolute Gasteiger partial charge is 0.338 e. The van der Waals surface area contributed by atoms with Gasteiger partial charge in [-0.15, -0.1) is 0 Å². The zero-order chi connectivity index (χ0) is 18.2. The van der Waals surface area contributed by atoms with Crippen molar-refractivity contribution in [2.24, 2.45) is 0 Å². The Kier molecular flexibility index (Phi) is 6.28. The first-order chi connectivity index (χ1) is 12.0. The second-order valence-electron chi connectivity index (χ2n) is 5.26. The predicted octanol–water partition coefficient (Wildman–Crippen LogP) is 3.03. The van der Waals surface area contributed by atoms with Crippen molar-refractivity contribution in [2.45, 2.75) is 19.3 Å². The molecule has 0 fully saturated rings. The summed E-state index contributed by atoms with van der Waals surface area (Å²) >= 11 is 0. The Bertz CT molecular complexity index is 736. The van der Waals surface area contributed by atoms with E-state index in [0.29, 0.717) is 17.7 Å². The van der Waals surface area contributed by atoms with E-state index in [0.717, 1.165) is 6.42 Å². The largest absolute Gasteiger partial charge is 0.480 e. The van der Waals surface area contributed by atoms with Gasteiger partial charge in [-0.1, -0.05) is 37.3 Å². The van der Waals surface area contributed by atoms with Crippen molar-refractivity contribution in [2.75, 3.05) is 6.61 Å². The Morgan fingerprint density at radius 1 is 1.00 bits per heavy atom. The van der Waals surface area contributed by atoms with Crippen molar-refractivity contribution in [3.63, 3.8) is 0 Å². The molecular formula is C19H18O6. The Labute approximate surface area is 145 Å². The molecule has 0 saturated heterocycles. The molecule has 2 aromatic rings. The summed E-state index contributed by atoms with van der Waals surface area (Å²) in [7, 11) is 0. The number of esters is 2. The fourth-order valence-electron chi connectivity index (χ4n) is 2.14. The number of hydrogen-bond acceptors (Lipinski definition) is 5. The molecule has 2 rings (SSSR count). The van der Waals surface area contributed by atoms with Crippen LogP contribution in [0.2, 0.25) is 0 Å². The van der Waals surface area contributed by atoms with Crippen molar-refractivity contribution in [3.8, 4) is 5.75 Å². The summed E-state index contributed by atoms with van der Waals surface area (Å²) in [6.45, 7) is 2.22. The average molecular weight is 342 g/mol. The Morgan fingerprint density at radius 2 is 1.64 bits per heavy atom. The van der Waals surface area contributed by atoms with Gasteiger partial charge in [0, 0.05) is 0 Å². The van der Waals surface area contributed by atoms with Crippen LogP contribution in [0.1, 0.15) is 35.2 Å². The van der Waals surface area contributed by atoms with Crippen LogP contribution in [0.4, 0.5) is 0 Å². The quantitative estimate of drug-likeness (QED) is 0.472. The van der Waals surface area contributed by atoms with Gasteiger partial charge in [0.1, 0.15) is 5.75 Å². The molecule has 0 spiro atoms. The molecule has 6 nitrogen and oxygen atoms in total. The lowest BCUT2D eigenvalue weighted by atomic mass is 10.00. The molecule has 0 radical (unpaired) electrons. The maximum atomic E-state index is 12.2. The van der Waals surface area contributed by atoms with Crippen LogP contribution in [0.25, 0.3) is 0 Å². The van der Waals surface area contributed by atoms with Gasteiger partial charge in [0.15, 0.2) is 5.92 Å². The van der Waals surface area contributed by atoms with E-state index in [4.69, 9.17) is 9.47 Å². The molecule has 2 aromatic carbocycles. The van der Waals surface area contributed by atoms with Gasteiger partial charge in [-0.3, -0.25) is 9.59 Å². The fraction of sp³-hybridized carbons (Fsp3) is 0.211. The van der Waals surface area contributed by atoms with E-state index in [-0.39, 0.29) is 5.75 Å². The van der Waals surface area contributed by atoms with E-state index in [9.17, 15) is 19.5 Å². The topological polar surface area (TPSA) is 89.9 Å². The van der Waals surface area contributed by atoms with Crippen LogP contribution in [0.15, 0.2) is 54.6 Å². The van der Waals surface area contributed by atoms with Crippen LogP contribution in [0, 0.1) is 0 Å². The number of rotatable bonds is 7. The van der Waals surface area contributed by atoms with Gasteiger partial charge >= 0.3 is 17.9 Å². The van der Waals surface area contributed by atoms with Crippen molar-refractivity contribution in [3.05, 3.63) is 65.7 Å². The Hall–Kier alpha value is -3.15. The normalized spacial score (nSPS) is 11.4. The van der Waals surface area contributed by atoms with Crippen molar-refractivity contribution >= 4 is 17.9 Å². The standard InChI is InChI=1S/C19H18O6/c1-2-12-24-18(22)14-8-10-15(11-9-14)25-19(23)16(17(20)21)13-6-4-3-5-7-13/h3-11,16H,2,12H2,1H3,(H,20,21). The van der Waals surface area contributed by atoms with E-state index < -0.39 is 23.8 Å². The number of ether oxygens (including phenoxy) is 2. The van der Waals surface area contributed by atoms with Gasteiger partial charge in [-0.2, -0.15) is 0 Å². The molecule has 130 valence electrons. The number of carbonyl (C=O) groups excluding carboxylic acids is 2. The molecule has 0 aliphatic carbocycles. The summed E-state index contributed by atoms with van der Waals surface area (Å²) < 4.78 is 10.1. The van der Waals surface area contributed by atoms with Crippen molar-refractivity contribution in [1.29, 1.82) is 0 Å². The van der Waals surface area contributed by atoms with Crippen LogP contribution >= 0.6 is 0 Å². The van der Waals surface area contributed by atoms with E-state index in [1.54, 1.807) is 30.3 Å². The second kappa shape index (κ2) is 8.63. The Balaban J connectivity index is 2.08. The predicted molar refractivity (Wildman–Crippen MR) is 89.5 cm³/mol. The highest BCUT2D eigenvalue weighted by Gasteiger charge is 2.30. The number of carboxylic acids is 1. The Morgan fingerprint density at radius 3 is 2.20 bits per heavy atom. The first-order valence-corrected chi connectivity index (χ1v) is 7.79. The van der Waals surface area contributed by atoms with Crippen LogP contribution in [0.5, 0.6) is 5.75 Å². The third-order valence-corrected chi connectivity index (χ3v) is 3.36. The molecule has 1 atom stereocenters. The average Bonchev–Trinajstić information content (AvgIpc) is 2.61. The van der Waals surface area contributed by atoms with E-state index >= 15 is 0 Å². The number of hydrogen-bond donors (Lipinski definition) is 1. The van der Waals surface area contributed by atoms with E-state index in [2.05, 4.69) is 0 Å². The van der Waals surface area contributed by atoms with Gasteiger partial charge in [0.2, 0.25) is 0 Å². The molecule has 0 bridgehead atoms. The molecule has 0 saturated carbocycles. The van der Waals surface area contributed by atoms with Gasteiger partial charge in [0.05, 0.1) is 12.2 Å². The first-order valence-electron chi connectivity index (χ1n) is 7.79. The highest BCUT2D eigenvalue weighted by Crippen LogP contribution is 2.21. The van der Waals surface area contributed by atoms with Crippen LogP contribution in [0.3, 0.4) is 0 Å². The summed E-state index contributed by atoms with van der Waals surface area (Å²) in [6.07, 6.45) is 0.720. The maximum Gasteiger partial charge on any atom is 0.338 e. The fourth-order valence-corrected chi connectivity index (χ4v) is 2.14. The summed E-state index contributed by atoms with van der Waals surface area (Å²) in [6, 6.07) is 13.9. The lowest BCUT2D eigenvalue weighted by molar-refractivity contribution is -0.148. The summed E-state index contributed by atoms with van der Waals surface area (Å²) in [5.41, 5.74) is 0.658. The van der Waals surface area contributed by atoms with Gasteiger partial charge in [-0.25, -0.2) is 4.79 Å². The third kappa shape index (κ3) is 4.91. The minimum Gasteiger partial charge on any atom is -0.480 e.